The van der Waals surface area contributed by atoms with Gasteiger partial charge in [0.05, 0.1) is 0 Å². The Morgan fingerprint density at radius 1 is 1.27 bits per heavy atom. The average Bonchev–Trinajstić information content (AvgIpc) is 2.38. The van der Waals surface area contributed by atoms with Crippen LogP contribution in [-0.2, 0) is 4.79 Å². The van der Waals surface area contributed by atoms with Crippen LogP contribution in [0.25, 0.3) is 0 Å². The Morgan fingerprint density at radius 2 is 2.00 bits per heavy atom. The molecular formula is C13H25NO. The first kappa shape index (κ1) is 12.7. The van der Waals surface area contributed by atoms with Gasteiger partial charge in [0.25, 0.3) is 0 Å². The molecule has 88 valence electrons. The van der Waals surface area contributed by atoms with Crippen LogP contribution in [-0.4, -0.2) is 30.3 Å². The first-order valence-corrected chi connectivity index (χ1v) is 6.23. The maximum absolute atomic E-state index is 10.5. The maximum atomic E-state index is 10.5. The fourth-order valence-electron chi connectivity index (χ4n) is 2.63. The molecular weight excluding hydrogens is 186 g/mol. The van der Waals surface area contributed by atoms with Crippen LogP contribution in [0.2, 0.25) is 0 Å². The molecule has 1 aliphatic heterocycles. The summed E-state index contributed by atoms with van der Waals surface area (Å²) in [4.78, 5) is 13.0. The summed E-state index contributed by atoms with van der Waals surface area (Å²) in [7, 11) is 0. The SMILES string of the molecule is CC(C)(C)C1CCCCCN1CCC=O. The summed E-state index contributed by atoms with van der Waals surface area (Å²) in [5.41, 5.74) is 0.341. The highest BCUT2D eigenvalue weighted by molar-refractivity contribution is 5.49. The molecule has 0 N–H and O–H groups in total. The van der Waals surface area contributed by atoms with Crippen molar-refractivity contribution < 1.29 is 4.79 Å². The molecule has 2 nitrogen and oxygen atoms in total. The normalized spacial score (nSPS) is 24.9. The van der Waals surface area contributed by atoms with E-state index in [2.05, 4.69) is 25.7 Å². The Hall–Kier alpha value is -0.370. The minimum Gasteiger partial charge on any atom is -0.303 e. The highest BCUT2D eigenvalue weighted by Crippen LogP contribution is 2.31. The minimum absolute atomic E-state index is 0.341. The van der Waals surface area contributed by atoms with Crippen molar-refractivity contribution in [1.29, 1.82) is 0 Å². The highest BCUT2D eigenvalue weighted by Gasteiger charge is 2.30. The van der Waals surface area contributed by atoms with Crippen LogP contribution in [0.1, 0.15) is 52.9 Å². The lowest BCUT2D eigenvalue weighted by atomic mass is 9.83. The van der Waals surface area contributed by atoms with Crippen LogP contribution in [0.3, 0.4) is 0 Å². The van der Waals surface area contributed by atoms with Gasteiger partial charge < -0.3 is 4.79 Å². The predicted octanol–water partition coefficient (Wildman–Crippen LogP) is 2.87. The second-order valence-corrected chi connectivity index (χ2v) is 5.72. The van der Waals surface area contributed by atoms with E-state index in [1.807, 2.05) is 0 Å². The summed E-state index contributed by atoms with van der Waals surface area (Å²) >= 11 is 0. The molecule has 0 amide bonds. The minimum atomic E-state index is 0.341. The molecule has 1 heterocycles. The van der Waals surface area contributed by atoms with Gasteiger partial charge in [0.1, 0.15) is 6.29 Å². The number of nitrogens with zero attached hydrogens (tertiary/aromatic N) is 1. The van der Waals surface area contributed by atoms with Crippen LogP contribution < -0.4 is 0 Å². The zero-order valence-electron chi connectivity index (χ0n) is 10.5. The molecule has 1 atom stereocenters. The molecule has 0 aromatic heterocycles. The third-order valence-electron chi connectivity index (χ3n) is 3.40. The van der Waals surface area contributed by atoms with Gasteiger partial charge in [-0.3, -0.25) is 4.90 Å². The van der Waals surface area contributed by atoms with E-state index < -0.39 is 0 Å². The molecule has 2 heteroatoms. The summed E-state index contributed by atoms with van der Waals surface area (Å²) in [6.45, 7) is 9.08. The second kappa shape index (κ2) is 5.64. The quantitative estimate of drug-likeness (QED) is 0.669. The maximum Gasteiger partial charge on any atom is 0.121 e. The molecule has 15 heavy (non-hydrogen) atoms. The fourth-order valence-corrected chi connectivity index (χ4v) is 2.63. The number of likely N-dealkylation sites (tertiary alicyclic amines) is 1. The Labute approximate surface area is 94.0 Å². The average molecular weight is 211 g/mol. The Kier molecular flexibility index (Phi) is 4.78. The number of rotatable bonds is 3. The summed E-state index contributed by atoms with van der Waals surface area (Å²) < 4.78 is 0. The smallest absolute Gasteiger partial charge is 0.121 e. The van der Waals surface area contributed by atoms with Gasteiger partial charge in [0.2, 0.25) is 0 Å². The van der Waals surface area contributed by atoms with Crippen molar-refractivity contribution in [2.45, 2.75) is 58.9 Å². The predicted molar refractivity (Wildman–Crippen MR) is 64.0 cm³/mol. The van der Waals surface area contributed by atoms with E-state index >= 15 is 0 Å². The van der Waals surface area contributed by atoms with Crippen molar-refractivity contribution in [2.75, 3.05) is 13.1 Å². The van der Waals surface area contributed by atoms with Crippen molar-refractivity contribution >= 4 is 6.29 Å². The summed E-state index contributed by atoms with van der Waals surface area (Å²) in [6, 6.07) is 0.653. The van der Waals surface area contributed by atoms with Crippen LogP contribution in [0.4, 0.5) is 0 Å². The monoisotopic (exact) mass is 211 g/mol. The zero-order chi connectivity index (χ0) is 11.3. The molecule has 0 spiro atoms. The van der Waals surface area contributed by atoms with Gasteiger partial charge in [0.15, 0.2) is 0 Å². The van der Waals surface area contributed by atoms with Crippen molar-refractivity contribution in [1.82, 2.24) is 4.90 Å². The van der Waals surface area contributed by atoms with E-state index in [0.29, 0.717) is 17.9 Å². The number of hydrogen-bond donors (Lipinski definition) is 0. The molecule has 1 aliphatic rings. The van der Waals surface area contributed by atoms with Gasteiger partial charge in [-0.15, -0.1) is 0 Å². The molecule has 0 aromatic rings. The summed E-state index contributed by atoms with van der Waals surface area (Å²) in [5.74, 6) is 0. The second-order valence-electron chi connectivity index (χ2n) is 5.72. The molecule has 1 saturated heterocycles. The molecule has 0 saturated carbocycles. The summed E-state index contributed by atoms with van der Waals surface area (Å²) in [5, 5.41) is 0. The zero-order valence-corrected chi connectivity index (χ0v) is 10.5. The van der Waals surface area contributed by atoms with Gasteiger partial charge in [-0.05, 0) is 24.8 Å². The lowest BCUT2D eigenvalue weighted by molar-refractivity contribution is -0.108. The molecule has 0 aromatic carbocycles. The molecule has 0 aliphatic carbocycles. The largest absolute Gasteiger partial charge is 0.303 e. The van der Waals surface area contributed by atoms with E-state index in [1.54, 1.807) is 0 Å². The van der Waals surface area contributed by atoms with Gasteiger partial charge in [-0.1, -0.05) is 33.6 Å². The van der Waals surface area contributed by atoms with Gasteiger partial charge in [-0.2, -0.15) is 0 Å². The topological polar surface area (TPSA) is 20.3 Å². The Bertz CT molecular complexity index is 195. The third-order valence-corrected chi connectivity index (χ3v) is 3.40. The van der Waals surface area contributed by atoms with Crippen LogP contribution in [0.15, 0.2) is 0 Å². The van der Waals surface area contributed by atoms with Crippen LogP contribution in [0.5, 0.6) is 0 Å². The number of carbonyl (C=O) groups is 1. The standard InChI is InChI=1S/C13H25NO/c1-13(2,3)12-8-5-4-6-9-14(12)10-7-11-15/h11-12H,4-10H2,1-3H3. The molecule has 1 unspecified atom stereocenters. The van der Waals surface area contributed by atoms with E-state index in [4.69, 9.17) is 0 Å². The number of aldehydes is 1. The van der Waals surface area contributed by atoms with Gasteiger partial charge in [-0.25, -0.2) is 0 Å². The van der Waals surface area contributed by atoms with E-state index in [-0.39, 0.29) is 0 Å². The first-order valence-electron chi connectivity index (χ1n) is 6.23. The van der Waals surface area contributed by atoms with E-state index in [9.17, 15) is 4.79 Å². The molecule has 0 radical (unpaired) electrons. The fraction of sp³-hybridized carbons (Fsp3) is 0.923. The van der Waals surface area contributed by atoms with Crippen LogP contribution in [0, 0.1) is 5.41 Å². The highest BCUT2D eigenvalue weighted by atomic mass is 16.1. The molecule has 1 fully saturated rings. The Morgan fingerprint density at radius 3 is 2.60 bits per heavy atom. The van der Waals surface area contributed by atoms with E-state index in [0.717, 1.165) is 12.8 Å². The molecule has 0 bridgehead atoms. The number of hydrogen-bond acceptors (Lipinski definition) is 2. The van der Waals surface area contributed by atoms with Crippen LogP contribution >= 0.6 is 0 Å². The first-order chi connectivity index (χ1) is 7.05. The third kappa shape index (κ3) is 3.94. The summed E-state index contributed by atoms with van der Waals surface area (Å²) in [6.07, 6.45) is 7.02. The van der Waals surface area contributed by atoms with Gasteiger partial charge >= 0.3 is 0 Å². The Balaban J connectivity index is 2.62. The van der Waals surface area contributed by atoms with Crippen molar-refractivity contribution in [2.24, 2.45) is 5.41 Å². The lowest BCUT2D eigenvalue weighted by Crippen LogP contribution is -2.44. The number of carbonyl (C=O) groups excluding carboxylic acids is 1. The van der Waals surface area contributed by atoms with E-state index in [1.165, 1.54) is 32.2 Å². The van der Waals surface area contributed by atoms with Crippen molar-refractivity contribution in [3.05, 3.63) is 0 Å². The lowest BCUT2D eigenvalue weighted by Gasteiger charge is -2.39. The molecule has 1 rings (SSSR count). The van der Waals surface area contributed by atoms with Gasteiger partial charge in [0, 0.05) is 19.0 Å². The van der Waals surface area contributed by atoms with Crippen molar-refractivity contribution in [3.63, 3.8) is 0 Å². The van der Waals surface area contributed by atoms with Crippen molar-refractivity contribution in [3.8, 4) is 0 Å².